The van der Waals surface area contributed by atoms with Crippen LogP contribution in [0, 0.1) is 5.92 Å². The number of carboxylic acids is 1. The van der Waals surface area contributed by atoms with Gasteiger partial charge in [0.2, 0.25) is 0 Å². The molecule has 0 radical (unpaired) electrons. The van der Waals surface area contributed by atoms with Crippen LogP contribution in [-0.2, 0) is 11.2 Å². The standard InChI is InChI=1S/C15H21NO3/c1-3-15(2,19)10-16-9-12(14(17)18)8-11-6-4-5-7-13(11)16/h4-7,12,19H,3,8-10H2,1-2H3,(H,17,18). The van der Waals surface area contributed by atoms with Crippen molar-refractivity contribution in [3.05, 3.63) is 29.8 Å². The Kier molecular flexibility index (Phi) is 3.80. The molecule has 0 spiro atoms. The Morgan fingerprint density at radius 1 is 1.47 bits per heavy atom. The van der Waals surface area contributed by atoms with Gasteiger partial charge in [-0.2, -0.15) is 0 Å². The summed E-state index contributed by atoms with van der Waals surface area (Å²) >= 11 is 0. The number of anilines is 1. The second kappa shape index (κ2) is 5.21. The summed E-state index contributed by atoms with van der Waals surface area (Å²) in [6.45, 7) is 4.65. The second-order valence-corrected chi connectivity index (χ2v) is 5.60. The van der Waals surface area contributed by atoms with Gasteiger partial charge in [0.15, 0.2) is 0 Å². The first-order chi connectivity index (χ1) is 8.93. The lowest BCUT2D eigenvalue weighted by Gasteiger charge is -2.38. The number of hydrogen-bond donors (Lipinski definition) is 2. The van der Waals surface area contributed by atoms with Crippen molar-refractivity contribution >= 4 is 11.7 Å². The molecule has 1 heterocycles. The Morgan fingerprint density at radius 2 is 2.16 bits per heavy atom. The summed E-state index contributed by atoms with van der Waals surface area (Å²) in [7, 11) is 0. The quantitative estimate of drug-likeness (QED) is 0.871. The van der Waals surface area contributed by atoms with Crippen LogP contribution in [0.1, 0.15) is 25.8 Å². The number of nitrogens with zero attached hydrogens (tertiary/aromatic N) is 1. The first-order valence-corrected chi connectivity index (χ1v) is 6.71. The Labute approximate surface area is 113 Å². The number of carbonyl (C=O) groups is 1. The lowest BCUT2D eigenvalue weighted by Crippen LogP contribution is -2.46. The predicted octanol–water partition coefficient (Wildman–Crippen LogP) is 1.91. The molecule has 1 aromatic carbocycles. The number of aliphatic hydroxyl groups is 1. The minimum atomic E-state index is -0.798. The van der Waals surface area contributed by atoms with Crippen molar-refractivity contribution in [1.29, 1.82) is 0 Å². The summed E-state index contributed by atoms with van der Waals surface area (Å²) in [5.74, 6) is -1.17. The van der Waals surface area contributed by atoms with Gasteiger partial charge >= 0.3 is 5.97 Å². The largest absolute Gasteiger partial charge is 0.481 e. The van der Waals surface area contributed by atoms with Crippen LogP contribution < -0.4 is 4.90 Å². The van der Waals surface area contributed by atoms with E-state index in [2.05, 4.69) is 0 Å². The molecule has 4 nitrogen and oxygen atoms in total. The van der Waals surface area contributed by atoms with E-state index in [0.29, 0.717) is 25.9 Å². The Morgan fingerprint density at radius 3 is 2.79 bits per heavy atom. The zero-order valence-electron chi connectivity index (χ0n) is 11.5. The molecule has 0 fully saturated rings. The van der Waals surface area contributed by atoms with Gasteiger partial charge in [0, 0.05) is 18.8 Å². The van der Waals surface area contributed by atoms with Crippen LogP contribution in [0.15, 0.2) is 24.3 Å². The maximum atomic E-state index is 11.3. The molecule has 0 saturated heterocycles. The fourth-order valence-corrected chi connectivity index (χ4v) is 2.52. The molecule has 2 N–H and O–H groups in total. The minimum Gasteiger partial charge on any atom is -0.481 e. The highest BCUT2D eigenvalue weighted by Crippen LogP contribution is 2.31. The number of hydrogen-bond acceptors (Lipinski definition) is 3. The maximum absolute atomic E-state index is 11.3. The van der Waals surface area contributed by atoms with Crippen LogP contribution in [-0.4, -0.2) is 34.9 Å². The minimum absolute atomic E-state index is 0.400. The van der Waals surface area contributed by atoms with Crippen molar-refractivity contribution in [2.24, 2.45) is 5.92 Å². The molecule has 1 aliphatic rings. The highest BCUT2D eigenvalue weighted by atomic mass is 16.4. The van der Waals surface area contributed by atoms with E-state index in [0.717, 1.165) is 11.3 Å². The first-order valence-electron chi connectivity index (χ1n) is 6.71. The van der Waals surface area contributed by atoms with Crippen molar-refractivity contribution in [2.45, 2.75) is 32.3 Å². The molecule has 0 aliphatic carbocycles. The normalized spacial score (nSPS) is 21.6. The van der Waals surface area contributed by atoms with Crippen LogP contribution in [0.25, 0.3) is 0 Å². The lowest BCUT2D eigenvalue weighted by molar-refractivity contribution is -0.141. The van der Waals surface area contributed by atoms with E-state index in [1.165, 1.54) is 0 Å². The van der Waals surface area contributed by atoms with E-state index < -0.39 is 17.5 Å². The Hall–Kier alpha value is -1.55. The number of aliphatic carboxylic acids is 1. The molecule has 19 heavy (non-hydrogen) atoms. The third-order valence-corrected chi connectivity index (χ3v) is 3.88. The fourth-order valence-electron chi connectivity index (χ4n) is 2.52. The second-order valence-electron chi connectivity index (χ2n) is 5.60. The van der Waals surface area contributed by atoms with Crippen molar-refractivity contribution in [3.8, 4) is 0 Å². The number of carboxylic acid groups (broad SMARTS) is 1. The third-order valence-electron chi connectivity index (χ3n) is 3.88. The number of para-hydroxylation sites is 1. The van der Waals surface area contributed by atoms with Gasteiger partial charge in [-0.15, -0.1) is 0 Å². The summed E-state index contributed by atoms with van der Waals surface area (Å²) < 4.78 is 0. The zero-order chi connectivity index (χ0) is 14.0. The Bertz CT molecular complexity index is 470. The summed E-state index contributed by atoms with van der Waals surface area (Å²) in [4.78, 5) is 13.3. The van der Waals surface area contributed by atoms with Gasteiger partial charge in [-0.3, -0.25) is 4.79 Å². The van der Waals surface area contributed by atoms with Crippen LogP contribution in [0.3, 0.4) is 0 Å². The molecule has 4 heteroatoms. The van der Waals surface area contributed by atoms with Gasteiger partial charge in [-0.05, 0) is 31.4 Å². The van der Waals surface area contributed by atoms with Gasteiger partial charge in [0.1, 0.15) is 0 Å². The van der Waals surface area contributed by atoms with Crippen LogP contribution in [0.4, 0.5) is 5.69 Å². The first kappa shape index (κ1) is 13.9. The summed E-state index contributed by atoms with van der Waals surface area (Å²) in [6.07, 6.45) is 1.21. The molecule has 0 bridgehead atoms. The molecule has 2 rings (SSSR count). The van der Waals surface area contributed by atoms with Gasteiger partial charge in [-0.25, -0.2) is 0 Å². The van der Waals surface area contributed by atoms with Gasteiger partial charge in [-0.1, -0.05) is 25.1 Å². The summed E-state index contributed by atoms with van der Waals surface area (Å²) in [6, 6.07) is 7.85. The molecule has 0 saturated carbocycles. The van der Waals surface area contributed by atoms with Gasteiger partial charge < -0.3 is 15.1 Å². The zero-order valence-corrected chi connectivity index (χ0v) is 11.5. The Balaban J connectivity index is 2.29. The molecule has 1 aliphatic heterocycles. The van der Waals surface area contributed by atoms with Gasteiger partial charge in [0.05, 0.1) is 11.5 Å². The summed E-state index contributed by atoms with van der Waals surface area (Å²) in [5.41, 5.74) is 1.30. The molecule has 2 unspecified atom stereocenters. The number of rotatable bonds is 4. The monoisotopic (exact) mass is 263 g/mol. The summed E-state index contributed by atoms with van der Waals surface area (Å²) in [5, 5.41) is 19.5. The molecular formula is C15H21NO3. The average Bonchev–Trinajstić information content (AvgIpc) is 2.38. The van der Waals surface area contributed by atoms with E-state index in [1.54, 1.807) is 6.92 Å². The molecule has 2 atom stereocenters. The van der Waals surface area contributed by atoms with Crippen molar-refractivity contribution in [1.82, 2.24) is 0 Å². The maximum Gasteiger partial charge on any atom is 0.308 e. The van der Waals surface area contributed by atoms with Crippen LogP contribution in [0.2, 0.25) is 0 Å². The van der Waals surface area contributed by atoms with E-state index in [4.69, 9.17) is 0 Å². The number of fused-ring (bicyclic) bond motifs is 1. The topological polar surface area (TPSA) is 60.8 Å². The van der Waals surface area contributed by atoms with Crippen LogP contribution >= 0.6 is 0 Å². The van der Waals surface area contributed by atoms with E-state index in [1.807, 2.05) is 36.1 Å². The molecule has 1 aromatic rings. The predicted molar refractivity (Wildman–Crippen MR) is 74.4 cm³/mol. The number of β-amino-alcohol motifs (C(OH)–C–C–N with tert-alkyl or cyclic N) is 1. The van der Waals surface area contributed by atoms with Crippen molar-refractivity contribution in [2.75, 3.05) is 18.0 Å². The van der Waals surface area contributed by atoms with Gasteiger partial charge in [0.25, 0.3) is 0 Å². The van der Waals surface area contributed by atoms with E-state index in [9.17, 15) is 15.0 Å². The molecule has 0 amide bonds. The highest BCUT2D eigenvalue weighted by molar-refractivity contribution is 5.74. The molecule has 0 aromatic heterocycles. The fraction of sp³-hybridized carbons (Fsp3) is 0.533. The van der Waals surface area contributed by atoms with E-state index >= 15 is 0 Å². The molecule has 104 valence electrons. The average molecular weight is 263 g/mol. The smallest absolute Gasteiger partial charge is 0.308 e. The number of benzene rings is 1. The van der Waals surface area contributed by atoms with Crippen molar-refractivity contribution in [3.63, 3.8) is 0 Å². The highest BCUT2D eigenvalue weighted by Gasteiger charge is 2.32. The lowest BCUT2D eigenvalue weighted by atomic mass is 9.91. The SMILES string of the molecule is CCC(C)(O)CN1CC(C(=O)O)Cc2ccccc21. The van der Waals surface area contributed by atoms with E-state index in [-0.39, 0.29) is 0 Å². The van der Waals surface area contributed by atoms with Crippen LogP contribution in [0.5, 0.6) is 0 Å². The third kappa shape index (κ3) is 3.07. The van der Waals surface area contributed by atoms with Crippen molar-refractivity contribution < 1.29 is 15.0 Å². The molecular weight excluding hydrogens is 242 g/mol.